The van der Waals surface area contributed by atoms with Gasteiger partial charge in [-0.25, -0.2) is 0 Å². The molecule has 3 heteroatoms. The molecule has 0 aromatic heterocycles. The van der Waals surface area contributed by atoms with Gasteiger partial charge in [0.1, 0.15) is 6.54 Å². The number of piperidine rings is 2. The zero-order valence-corrected chi connectivity index (χ0v) is 12.9. The quantitative estimate of drug-likeness (QED) is 0.845. The lowest BCUT2D eigenvalue weighted by Crippen LogP contribution is -2.63. The van der Waals surface area contributed by atoms with E-state index in [0.29, 0.717) is 18.6 Å². The van der Waals surface area contributed by atoms with Crippen LogP contribution < -0.4 is 0 Å². The molecular weight excluding hydrogens is 270 g/mol. The zero-order valence-electron chi connectivity index (χ0n) is 12.1. The fourth-order valence-corrected chi connectivity index (χ4v) is 4.61. The van der Waals surface area contributed by atoms with Gasteiger partial charge in [0, 0.05) is 22.9 Å². The predicted octanol–water partition coefficient (Wildman–Crippen LogP) is 3.61. The van der Waals surface area contributed by atoms with Gasteiger partial charge in [-0.15, -0.1) is 0 Å². The van der Waals surface area contributed by atoms with Crippen LogP contribution in [0.2, 0.25) is 5.02 Å². The van der Waals surface area contributed by atoms with Crippen molar-refractivity contribution in [2.24, 2.45) is 5.92 Å². The molecule has 1 aromatic carbocycles. The summed E-state index contributed by atoms with van der Waals surface area (Å²) in [4.78, 5) is 0. The highest BCUT2D eigenvalue weighted by molar-refractivity contribution is 6.30. The van der Waals surface area contributed by atoms with Crippen LogP contribution >= 0.6 is 11.6 Å². The summed E-state index contributed by atoms with van der Waals surface area (Å²) < 4.78 is 1.20. The highest BCUT2D eigenvalue weighted by Crippen LogP contribution is 2.39. The van der Waals surface area contributed by atoms with Gasteiger partial charge in [-0.05, 0) is 37.8 Å². The summed E-state index contributed by atoms with van der Waals surface area (Å²) in [5.74, 6) is 0.511. The SMILES string of the molecule is OCC1CCC[N+]2(Cc3ccc(Cl)cc3)CCCCC12. The van der Waals surface area contributed by atoms with Crippen LogP contribution in [0.15, 0.2) is 24.3 Å². The molecule has 0 saturated carbocycles. The van der Waals surface area contributed by atoms with Gasteiger partial charge in [-0.2, -0.15) is 0 Å². The average Bonchev–Trinajstić information content (AvgIpc) is 2.49. The standard InChI is InChI=1S/C17H25ClNO/c18-16-8-6-14(7-9-16)12-19-10-2-1-5-17(19)15(13-20)4-3-11-19/h6-9,15,17,20H,1-5,10-13H2/q+1. The van der Waals surface area contributed by atoms with E-state index < -0.39 is 0 Å². The second-order valence-corrected chi connectivity index (χ2v) is 7.03. The van der Waals surface area contributed by atoms with Crippen LogP contribution in [0.5, 0.6) is 0 Å². The summed E-state index contributed by atoms with van der Waals surface area (Å²) in [6.07, 6.45) is 6.43. The molecule has 2 saturated heterocycles. The molecule has 20 heavy (non-hydrogen) atoms. The van der Waals surface area contributed by atoms with E-state index in [4.69, 9.17) is 11.6 Å². The van der Waals surface area contributed by atoms with Crippen LogP contribution in [0.25, 0.3) is 0 Å². The Hall–Kier alpha value is -0.570. The first-order valence-corrected chi connectivity index (χ1v) is 8.32. The summed E-state index contributed by atoms with van der Waals surface area (Å²) >= 11 is 6.00. The lowest BCUT2D eigenvalue weighted by molar-refractivity contribution is -0.976. The van der Waals surface area contributed by atoms with Crippen molar-refractivity contribution in [1.29, 1.82) is 0 Å². The zero-order chi connectivity index (χ0) is 14.0. The highest BCUT2D eigenvalue weighted by Gasteiger charge is 2.45. The molecular formula is C17H25ClNO+. The van der Waals surface area contributed by atoms with Gasteiger partial charge in [0.2, 0.25) is 0 Å². The van der Waals surface area contributed by atoms with Gasteiger partial charge in [0.15, 0.2) is 0 Å². The van der Waals surface area contributed by atoms with Crippen molar-refractivity contribution in [3.8, 4) is 0 Å². The topological polar surface area (TPSA) is 20.2 Å². The molecule has 3 unspecified atom stereocenters. The number of benzene rings is 1. The van der Waals surface area contributed by atoms with Crippen molar-refractivity contribution in [2.45, 2.75) is 44.7 Å². The monoisotopic (exact) mass is 294 g/mol. The average molecular weight is 295 g/mol. The van der Waals surface area contributed by atoms with Crippen LogP contribution in [0.3, 0.4) is 0 Å². The minimum atomic E-state index is 0.366. The van der Waals surface area contributed by atoms with Gasteiger partial charge >= 0.3 is 0 Å². The van der Waals surface area contributed by atoms with E-state index in [-0.39, 0.29) is 0 Å². The van der Waals surface area contributed by atoms with E-state index in [1.165, 1.54) is 55.2 Å². The number of fused-ring (bicyclic) bond motifs is 1. The molecule has 1 aromatic rings. The number of aliphatic hydroxyl groups is 1. The van der Waals surface area contributed by atoms with E-state index in [9.17, 15) is 5.11 Å². The molecule has 0 aliphatic carbocycles. The van der Waals surface area contributed by atoms with Crippen molar-refractivity contribution in [3.63, 3.8) is 0 Å². The van der Waals surface area contributed by atoms with Gasteiger partial charge in [-0.1, -0.05) is 23.7 Å². The van der Waals surface area contributed by atoms with E-state index in [1.54, 1.807) is 0 Å². The minimum Gasteiger partial charge on any atom is -0.396 e. The number of halogens is 1. The molecule has 0 bridgehead atoms. The van der Waals surface area contributed by atoms with Crippen molar-refractivity contribution in [2.75, 3.05) is 19.7 Å². The smallest absolute Gasteiger partial charge is 0.105 e. The highest BCUT2D eigenvalue weighted by atomic mass is 35.5. The lowest BCUT2D eigenvalue weighted by Gasteiger charge is -2.53. The Balaban J connectivity index is 1.84. The van der Waals surface area contributed by atoms with Gasteiger partial charge in [-0.3, -0.25) is 0 Å². The number of hydrogen-bond acceptors (Lipinski definition) is 1. The molecule has 110 valence electrons. The van der Waals surface area contributed by atoms with Crippen LogP contribution in [0.1, 0.15) is 37.7 Å². The maximum absolute atomic E-state index is 9.72. The summed E-state index contributed by atoms with van der Waals surface area (Å²) in [7, 11) is 0. The third kappa shape index (κ3) is 2.74. The Labute approximate surface area is 127 Å². The summed E-state index contributed by atoms with van der Waals surface area (Å²) in [5.41, 5.74) is 1.39. The van der Waals surface area contributed by atoms with E-state index in [1.807, 2.05) is 12.1 Å². The Morgan fingerprint density at radius 1 is 1.05 bits per heavy atom. The minimum absolute atomic E-state index is 0.366. The van der Waals surface area contributed by atoms with Crippen LogP contribution in [-0.4, -0.2) is 35.3 Å². The molecule has 2 aliphatic rings. The first kappa shape index (κ1) is 14.4. The molecule has 3 rings (SSSR count). The van der Waals surface area contributed by atoms with Crippen molar-refractivity contribution < 1.29 is 9.59 Å². The molecule has 2 nitrogen and oxygen atoms in total. The van der Waals surface area contributed by atoms with E-state index >= 15 is 0 Å². The number of quaternary nitrogens is 1. The number of nitrogens with zero attached hydrogens (tertiary/aromatic N) is 1. The molecule has 3 atom stereocenters. The first-order chi connectivity index (χ1) is 9.73. The second-order valence-electron chi connectivity index (χ2n) is 6.60. The maximum atomic E-state index is 9.72. The van der Waals surface area contributed by atoms with E-state index in [2.05, 4.69) is 12.1 Å². The third-order valence-electron chi connectivity index (χ3n) is 5.42. The molecule has 2 fully saturated rings. The van der Waals surface area contributed by atoms with Crippen LogP contribution in [0.4, 0.5) is 0 Å². The third-order valence-corrected chi connectivity index (χ3v) is 5.68. The lowest BCUT2D eigenvalue weighted by atomic mass is 9.81. The number of rotatable bonds is 3. The van der Waals surface area contributed by atoms with E-state index in [0.717, 1.165) is 11.6 Å². The molecule has 0 radical (unpaired) electrons. The molecule has 2 heterocycles. The van der Waals surface area contributed by atoms with Crippen molar-refractivity contribution in [3.05, 3.63) is 34.9 Å². The van der Waals surface area contributed by atoms with Gasteiger partial charge < -0.3 is 9.59 Å². The van der Waals surface area contributed by atoms with Crippen molar-refractivity contribution >= 4 is 11.6 Å². The molecule has 0 spiro atoms. The van der Waals surface area contributed by atoms with Gasteiger partial charge in [0.05, 0.1) is 25.7 Å². The summed E-state index contributed by atoms with van der Waals surface area (Å²) in [6, 6.07) is 9.01. The van der Waals surface area contributed by atoms with Crippen molar-refractivity contribution in [1.82, 2.24) is 0 Å². The first-order valence-electron chi connectivity index (χ1n) is 7.95. The summed E-state index contributed by atoms with van der Waals surface area (Å²) in [5, 5.41) is 10.5. The predicted molar refractivity (Wildman–Crippen MR) is 82.6 cm³/mol. The van der Waals surface area contributed by atoms with Gasteiger partial charge in [0.25, 0.3) is 0 Å². The Kier molecular flexibility index (Phi) is 4.34. The number of aliphatic hydroxyl groups excluding tert-OH is 1. The Morgan fingerprint density at radius 2 is 1.80 bits per heavy atom. The molecule has 1 N–H and O–H groups in total. The fraction of sp³-hybridized carbons (Fsp3) is 0.647. The van der Waals surface area contributed by atoms with Crippen LogP contribution in [0, 0.1) is 5.92 Å². The Bertz CT molecular complexity index is 443. The fourth-order valence-electron chi connectivity index (χ4n) is 4.48. The molecule has 0 amide bonds. The summed E-state index contributed by atoms with van der Waals surface area (Å²) in [6.45, 7) is 4.04. The molecule has 2 aliphatic heterocycles. The largest absolute Gasteiger partial charge is 0.396 e. The van der Waals surface area contributed by atoms with Crippen LogP contribution in [-0.2, 0) is 6.54 Å². The maximum Gasteiger partial charge on any atom is 0.105 e. The number of hydrogen-bond donors (Lipinski definition) is 1. The second kappa shape index (κ2) is 6.05. The Morgan fingerprint density at radius 3 is 2.55 bits per heavy atom. The normalized spacial score (nSPS) is 33.7.